The molecule has 1 aliphatic heterocycles. The Morgan fingerprint density at radius 2 is 2.00 bits per heavy atom. The summed E-state index contributed by atoms with van der Waals surface area (Å²) in [6, 6.07) is 3.54. The van der Waals surface area contributed by atoms with Crippen molar-refractivity contribution in [1.82, 2.24) is 4.90 Å². The standard InChI is InChI=1S/C14H19F2N3O2/c15-14(16)12-10-11(19(20)21)4-5-13(12)17-6-9-18-7-2-1-3-8-18/h4-5,10,14,17H,1-3,6-9H2. The largest absolute Gasteiger partial charge is 0.383 e. The average Bonchev–Trinajstić information content (AvgIpc) is 2.48. The lowest BCUT2D eigenvalue weighted by molar-refractivity contribution is -0.385. The quantitative estimate of drug-likeness (QED) is 0.646. The minimum absolute atomic E-state index is 0.271. The molecule has 1 aliphatic rings. The molecule has 1 saturated heterocycles. The first-order valence-corrected chi connectivity index (χ1v) is 7.10. The summed E-state index contributed by atoms with van der Waals surface area (Å²) in [5.74, 6) is 0. The highest BCUT2D eigenvalue weighted by atomic mass is 19.3. The second-order valence-corrected chi connectivity index (χ2v) is 5.16. The maximum atomic E-state index is 13.0. The first kappa shape index (κ1) is 15.6. The molecule has 0 amide bonds. The van der Waals surface area contributed by atoms with E-state index in [-0.39, 0.29) is 16.9 Å². The van der Waals surface area contributed by atoms with E-state index in [2.05, 4.69) is 10.2 Å². The Hall–Kier alpha value is -1.76. The van der Waals surface area contributed by atoms with Gasteiger partial charge in [0.1, 0.15) is 0 Å². The van der Waals surface area contributed by atoms with Crippen LogP contribution in [0.1, 0.15) is 31.3 Å². The van der Waals surface area contributed by atoms with Crippen molar-refractivity contribution >= 4 is 11.4 Å². The van der Waals surface area contributed by atoms with Gasteiger partial charge in [-0.3, -0.25) is 10.1 Å². The van der Waals surface area contributed by atoms with E-state index in [4.69, 9.17) is 0 Å². The first-order chi connectivity index (χ1) is 10.1. The second-order valence-electron chi connectivity index (χ2n) is 5.16. The molecule has 1 fully saturated rings. The van der Waals surface area contributed by atoms with Crippen molar-refractivity contribution in [2.45, 2.75) is 25.7 Å². The van der Waals surface area contributed by atoms with Crippen LogP contribution in [-0.2, 0) is 0 Å². The van der Waals surface area contributed by atoms with Crippen molar-refractivity contribution in [2.24, 2.45) is 0 Å². The Kier molecular flexibility index (Phi) is 5.44. The minimum Gasteiger partial charge on any atom is -0.383 e. The molecule has 1 heterocycles. The highest BCUT2D eigenvalue weighted by Crippen LogP contribution is 2.30. The molecule has 1 aromatic rings. The van der Waals surface area contributed by atoms with Gasteiger partial charge in [-0.15, -0.1) is 0 Å². The van der Waals surface area contributed by atoms with Crippen LogP contribution in [0.5, 0.6) is 0 Å². The van der Waals surface area contributed by atoms with Crippen LogP contribution in [0.25, 0.3) is 0 Å². The zero-order valence-electron chi connectivity index (χ0n) is 11.7. The topological polar surface area (TPSA) is 58.4 Å². The number of nitrogens with zero attached hydrogens (tertiary/aromatic N) is 2. The molecule has 1 aromatic carbocycles. The molecular formula is C14H19F2N3O2. The molecule has 2 rings (SSSR count). The van der Waals surface area contributed by atoms with Crippen LogP contribution in [-0.4, -0.2) is 36.0 Å². The number of rotatable bonds is 6. The number of nitro benzene ring substituents is 1. The van der Waals surface area contributed by atoms with Crippen molar-refractivity contribution in [2.75, 3.05) is 31.5 Å². The number of benzene rings is 1. The van der Waals surface area contributed by atoms with Gasteiger partial charge in [0.25, 0.3) is 12.1 Å². The highest BCUT2D eigenvalue weighted by molar-refractivity contribution is 5.56. The zero-order chi connectivity index (χ0) is 15.2. The predicted octanol–water partition coefficient (Wildman–Crippen LogP) is 3.43. The molecule has 0 aliphatic carbocycles. The Labute approximate surface area is 122 Å². The van der Waals surface area contributed by atoms with Crippen LogP contribution in [0.15, 0.2) is 18.2 Å². The number of non-ortho nitro benzene ring substituents is 1. The van der Waals surface area contributed by atoms with Gasteiger partial charge in [0.15, 0.2) is 0 Å². The number of nitrogens with one attached hydrogen (secondary N) is 1. The van der Waals surface area contributed by atoms with E-state index >= 15 is 0 Å². The molecule has 5 nitrogen and oxygen atoms in total. The number of piperidine rings is 1. The Morgan fingerprint density at radius 3 is 2.62 bits per heavy atom. The normalized spacial score (nSPS) is 16.1. The van der Waals surface area contributed by atoms with Crippen LogP contribution in [0.3, 0.4) is 0 Å². The van der Waals surface area contributed by atoms with Gasteiger partial charge in [-0.1, -0.05) is 6.42 Å². The number of anilines is 1. The number of likely N-dealkylation sites (tertiary alicyclic amines) is 1. The summed E-state index contributed by atoms with van der Waals surface area (Å²) in [6.45, 7) is 3.44. The smallest absolute Gasteiger partial charge is 0.270 e. The monoisotopic (exact) mass is 299 g/mol. The van der Waals surface area contributed by atoms with Gasteiger partial charge in [-0.2, -0.15) is 0 Å². The number of nitro groups is 1. The first-order valence-electron chi connectivity index (χ1n) is 7.10. The SMILES string of the molecule is O=[N+]([O-])c1ccc(NCCN2CCCCC2)c(C(F)F)c1. The molecule has 0 spiro atoms. The molecule has 1 N–H and O–H groups in total. The molecule has 0 atom stereocenters. The van der Waals surface area contributed by atoms with Crippen molar-refractivity contribution < 1.29 is 13.7 Å². The summed E-state index contributed by atoms with van der Waals surface area (Å²) >= 11 is 0. The van der Waals surface area contributed by atoms with Crippen molar-refractivity contribution in [1.29, 1.82) is 0 Å². The van der Waals surface area contributed by atoms with E-state index < -0.39 is 11.3 Å². The summed E-state index contributed by atoms with van der Waals surface area (Å²) in [4.78, 5) is 12.3. The van der Waals surface area contributed by atoms with Gasteiger partial charge in [0, 0.05) is 36.5 Å². The van der Waals surface area contributed by atoms with E-state index in [9.17, 15) is 18.9 Å². The van der Waals surface area contributed by atoms with Gasteiger partial charge in [0.2, 0.25) is 0 Å². The Bertz CT molecular complexity index is 491. The van der Waals surface area contributed by atoms with Gasteiger partial charge in [0.05, 0.1) is 4.92 Å². The number of hydrogen-bond acceptors (Lipinski definition) is 4. The summed E-state index contributed by atoms with van der Waals surface area (Å²) in [5, 5.41) is 13.6. The molecule has 0 bridgehead atoms. The fourth-order valence-corrected chi connectivity index (χ4v) is 2.54. The highest BCUT2D eigenvalue weighted by Gasteiger charge is 2.18. The number of alkyl halides is 2. The van der Waals surface area contributed by atoms with Crippen molar-refractivity contribution in [3.05, 3.63) is 33.9 Å². The third-order valence-corrected chi connectivity index (χ3v) is 3.67. The number of halogens is 2. The summed E-state index contributed by atoms with van der Waals surface area (Å²) in [5.41, 5.74) is -0.359. The maximum absolute atomic E-state index is 13.0. The molecule has 0 saturated carbocycles. The predicted molar refractivity (Wildman–Crippen MR) is 76.8 cm³/mol. The summed E-state index contributed by atoms with van der Waals surface area (Å²) in [6.07, 6.45) is 0.879. The van der Waals surface area contributed by atoms with E-state index in [1.54, 1.807) is 0 Å². The lowest BCUT2D eigenvalue weighted by Gasteiger charge is -2.26. The minimum atomic E-state index is -2.73. The third kappa shape index (κ3) is 4.35. The van der Waals surface area contributed by atoms with Gasteiger partial charge in [-0.25, -0.2) is 8.78 Å². The van der Waals surface area contributed by atoms with Crippen LogP contribution >= 0.6 is 0 Å². The second kappa shape index (κ2) is 7.31. The Balaban J connectivity index is 1.96. The molecule has 21 heavy (non-hydrogen) atoms. The van der Waals surface area contributed by atoms with Crippen LogP contribution in [0, 0.1) is 10.1 Å². The van der Waals surface area contributed by atoms with Crippen molar-refractivity contribution in [3.63, 3.8) is 0 Å². The lowest BCUT2D eigenvalue weighted by atomic mass is 10.1. The van der Waals surface area contributed by atoms with Gasteiger partial charge >= 0.3 is 0 Å². The maximum Gasteiger partial charge on any atom is 0.270 e. The van der Waals surface area contributed by atoms with Crippen molar-refractivity contribution in [3.8, 4) is 0 Å². The fraction of sp³-hybridized carbons (Fsp3) is 0.571. The Morgan fingerprint density at radius 1 is 1.29 bits per heavy atom. The average molecular weight is 299 g/mol. The van der Waals surface area contributed by atoms with Crippen LogP contribution in [0.4, 0.5) is 20.2 Å². The lowest BCUT2D eigenvalue weighted by Crippen LogP contribution is -2.33. The third-order valence-electron chi connectivity index (χ3n) is 3.67. The van der Waals surface area contributed by atoms with Gasteiger partial charge < -0.3 is 10.2 Å². The van der Waals surface area contributed by atoms with E-state index in [1.807, 2.05) is 0 Å². The van der Waals surface area contributed by atoms with E-state index in [0.29, 0.717) is 6.54 Å². The molecule has 0 unspecified atom stereocenters. The summed E-state index contributed by atoms with van der Waals surface area (Å²) < 4.78 is 26.0. The van der Waals surface area contributed by atoms with Gasteiger partial charge in [-0.05, 0) is 32.0 Å². The zero-order valence-corrected chi connectivity index (χ0v) is 11.7. The number of hydrogen-bond donors (Lipinski definition) is 1. The van der Waals surface area contributed by atoms with E-state index in [1.165, 1.54) is 31.4 Å². The van der Waals surface area contributed by atoms with Crippen LogP contribution in [0.2, 0.25) is 0 Å². The molecule has 0 radical (unpaired) electrons. The molecule has 0 aromatic heterocycles. The fourth-order valence-electron chi connectivity index (χ4n) is 2.54. The van der Waals surface area contributed by atoms with Crippen LogP contribution < -0.4 is 5.32 Å². The molecule has 116 valence electrons. The molecular weight excluding hydrogens is 280 g/mol. The summed E-state index contributed by atoms with van der Waals surface area (Å²) in [7, 11) is 0. The molecule has 7 heteroatoms. The van der Waals surface area contributed by atoms with E-state index in [0.717, 1.165) is 25.7 Å².